The number of alkyl halides is 1. The molecule has 2 aliphatic heterocycles. The van der Waals surface area contributed by atoms with Crippen LogP contribution in [0.4, 0.5) is 0 Å². The van der Waals surface area contributed by atoms with Gasteiger partial charge in [-0.1, -0.05) is 15.9 Å². The lowest BCUT2D eigenvalue weighted by Crippen LogP contribution is -2.48. The summed E-state index contributed by atoms with van der Waals surface area (Å²) < 4.78 is 25.0. The van der Waals surface area contributed by atoms with E-state index in [2.05, 4.69) is 15.9 Å². The summed E-state index contributed by atoms with van der Waals surface area (Å²) in [6.07, 6.45) is 2.68. The van der Waals surface area contributed by atoms with Crippen LogP contribution >= 0.6 is 15.9 Å². The number of sulfonamides is 1. The average Bonchev–Trinajstić information content (AvgIpc) is 2.40. The molecule has 0 radical (unpaired) electrons. The molecule has 0 saturated carbocycles. The summed E-state index contributed by atoms with van der Waals surface area (Å²) in [6, 6.07) is 0.0672. The Kier molecular flexibility index (Phi) is 2.90. The molecule has 2 bridgehead atoms. The fourth-order valence-electron chi connectivity index (χ4n) is 2.62. The minimum atomic E-state index is -3.14. The van der Waals surface area contributed by atoms with E-state index in [0.717, 1.165) is 12.8 Å². The molecular weight excluding hydrogens is 270 g/mol. The molecule has 2 atom stereocenters. The van der Waals surface area contributed by atoms with Gasteiger partial charge in [0.15, 0.2) is 0 Å². The van der Waals surface area contributed by atoms with Crippen LogP contribution < -0.4 is 0 Å². The van der Waals surface area contributed by atoms with Gasteiger partial charge in [-0.2, -0.15) is 4.31 Å². The zero-order valence-electron chi connectivity index (χ0n) is 7.76. The molecule has 2 rings (SSSR count). The second-order valence-electron chi connectivity index (χ2n) is 4.06. The Labute approximate surface area is 92.5 Å². The van der Waals surface area contributed by atoms with Crippen molar-refractivity contribution >= 4 is 26.0 Å². The molecule has 14 heavy (non-hydrogen) atoms. The van der Waals surface area contributed by atoms with Crippen LogP contribution in [0.1, 0.15) is 25.7 Å². The van der Waals surface area contributed by atoms with E-state index in [-0.39, 0.29) is 22.8 Å². The molecule has 0 aliphatic carbocycles. The van der Waals surface area contributed by atoms with Crippen molar-refractivity contribution in [2.45, 2.75) is 43.9 Å². The maximum absolute atomic E-state index is 11.7. The lowest BCUT2D eigenvalue weighted by molar-refractivity contribution is 0.0771. The van der Waals surface area contributed by atoms with Crippen LogP contribution in [0.3, 0.4) is 0 Å². The Morgan fingerprint density at radius 1 is 1.29 bits per heavy atom. The van der Waals surface area contributed by atoms with Crippen LogP contribution in [0.5, 0.6) is 0 Å². The zero-order valence-corrected chi connectivity index (χ0v) is 10.2. The Balaban J connectivity index is 2.23. The normalized spacial score (nSPS) is 38.9. The molecule has 0 spiro atoms. The number of nitrogens with zero attached hydrogens (tertiary/aromatic N) is 1. The first kappa shape index (κ1) is 10.9. The quantitative estimate of drug-likeness (QED) is 0.758. The van der Waals surface area contributed by atoms with E-state index in [0.29, 0.717) is 12.8 Å². The van der Waals surface area contributed by atoms with Crippen LogP contribution in [-0.2, 0) is 10.0 Å². The van der Waals surface area contributed by atoms with Crippen LogP contribution in [0.15, 0.2) is 0 Å². The molecule has 4 nitrogen and oxygen atoms in total. The third kappa shape index (κ3) is 1.73. The van der Waals surface area contributed by atoms with E-state index in [1.54, 1.807) is 4.31 Å². The Morgan fingerprint density at radius 3 is 2.21 bits per heavy atom. The minimum Gasteiger partial charge on any atom is -0.393 e. The van der Waals surface area contributed by atoms with Gasteiger partial charge in [0.2, 0.25) is 10.0 Å². The third-order valence-corrected chi connectivity index (χ3v) is 6.35. The highest BCUT2D eigenvalue weighted by atomic mass is 79.9. The number of aliphatic hydroxyl groups is 1. The molecule has 0 amide bonds. The predicted molar refractivity (Wildman–Crippen MR) is 56.6 cm³/mol. The van der Waals surface area contributed by atoms with Crippen molar-refractivity contribution in [2.24, 2.45) is 0 Å². The highest BCUT2D eigenvalue weighted by molar-refractivity contribution is 9.10. The SMILES string of the molecule is O=S(=O)(CBr)N1C2CCC1CC(O)C2. The lowest BCUT2D eigenvalue weighted by atomic mass is 10.0. The summed E-state index contributed by atoms with van der Waals surface area (Å²) >= 11 is 3.01. The highest BCUT2D eigenvalue weighted by Gasteiger charge is 2.45. The molecule has 0 aromatic heterocycles. The summed E-state index contributed by atoms with van der Waals surface area (Å²) in [6.45, 7) is 0. The van der Waals surface area contributed by atoms with Crippen LogP contribution in [0.2, 0.25) is 0 Å². The Bertz CT molecular complexity index is 305. The van der Waals surface area contributed by atoms with Gasteiger partial charge in [-0.05, 0) is 25.7 Å². The molecule has 0 aromatic carbocycles. The molecule has 2 unspecified atom stereocenters. The standard InChI is InChI=1S/C8H14BrNO3S/c9-5-14(12,13)10-6-1-2-7(10)4-8(11)3-6/h6-8,11H,1-5H2. The van der Waals surface area contributed by atoms with Crippen molar-refractivity contribution in [3.8, 4) is 0 Å². The largest absolute Gasteiger partial charge is 0.393 e. The van der Waals surface area contributed by atoms with E-state index in [1.165, 1.54) is 0 Å². The van der Waals surface area contributed by atoms with E-state index >= 15 is 0 Å². The number of aliphatic hydroxyl groups excluding tert-OH is 1. The molecule has 0 aromatic rings. The number of hydrogen-bond donors (Lipinski definition) is 1. The van der Waals surface area contributed by atoms with Crippen molar-refractivity contribution in [3.05, 3.63) is 0 Å². The minimum absolute atomic E-state index is 0.0108. The first-order chi connectivity index (χ1) is 6.54. The van der Waals surface area contributed by atoms with Gasteiger partial charge in [0.25, 0.3) is 0 Å². The summed E-state index contributed by atoms with van der Waals surface area (Å²) in [5.74, 6) is 0. The fraction of sp³-hybridized carbons (Fsp3) is 1.00. The third-order valence-electron chi connectivity index (χ3n) is 3.10. The molecular formula is C8H14BrNO3S. The number of piperidine rings is 1. The molecule has 2 fully saturated rings. The molecule has 6 heteroatoms. The molecule has 82 valence electrons. The Hall–Kier alpha value is 0.350. The van der Waals surface area contributed by atoms with E-state index in [9.17, 15) is 13.5 Å². The summed E-state index contributed by atoms with van der Waals surface area (Å²) in [4.78, 5) is 0. The monoisotopic (exact) mass is 283 g/mol. The van der Waals surface area contributed by atoms with E-state index in [4.69, 9.17) is 0 Å². The van der Waals surface area contributed by atoms with Crippen molar-refractivity contribution in [1.82, 2.24) is 4.31 Å². The van der Waals surface area contributed by atoms with Crippen LogP contribution in [-0.4, -0.2) is 40.7 Å². The second-order valence-corrected chi connectivity index (χ2v) is 7.24. The molecule has 1 N–H and O–H groups in total. The number of hydrogen-bond acceptors (Lipinski definition) is 3. The first-order valence-corrected chi connectivity index (χ1v) is 7.53. The van der Waals surface area contributed by atoms with Gasteiger partial charge in [-0.3, -0.25) is 0 Å². The van der Waals surface area contributed by atoms with E-state index < -0.39 is 10.0 Å². The summed E-state index contributed by atoms with van der Waals surface area (Å²) in [5, 5.41) is 9.51. The van der Waals surface area contributed by atoms with Gasteiger partial charge in [-0.25, -0.2) is 8.42 Å². The molecule has 2 heterocycles. The molecule has 2 saturated heterocycles. The molecule has 2 aliphatic rings. The van der Waals surface area contributed by atoms with Gasteiger partial charge >= 0.3 is 0 Å². The van der Waals surface area contributed by atoms with Crippen LogP contribution in [0.25, 0.3) is 0 Å². The maximum Gasteiger partial charge on any atom is 0.224 e. The highest BCUT2D eigenvalue weighted by Crippen LogP contribution is 2.38. The van der Waals surface area contributed by atoms with Gasteiger partial charge in [0, 0.05) is 12.1 Å². The summed E-state index contributed by atoms with van der Waals surface area (Å²) in [7, 11) is -3.14. The number of fused-ring (bicyclic) bond motifs is 2. The van der Waals surface area contributed by atoms with Gasteiger partial charge < -0.3 is 5.11 Å². The zero-order chi connectivity index (χ0) is 10.3. The van der Waals surface area contributed by atoms with Crippen molar-refractivity contribution in [3.63, 3.8) is 0 Å². The van der Waals surface area contributed by atoms with Crippen molar-refractivity contribution < 1.29 is 13.5 Å². The summed E-state index contributed by atoms with van der Waals surface area (Å²) in [5.41, 5.74) is 0. The van der Waals surface area contributed by atoms with Crippen LogP contribution in [0, 0.1) is 0 Å². The Morgan fingerprint density at radius 2 is 1.79 bits per heavy atom. The number of rotatable bonds is 2. The predicted octanol–water partition coefficient (Wildman–Crippen LogP) is 0.656. The van der Waals surface area contributed by atoms with Crippen molar-refractivity contribution in [2.75, 3.05) is 4.66 Å². The fourth-order valence-corrected chi connectivity index (χ4v) is 4.73. The van der Waals surface area contributed by atoms with Gasteiger partial charge in [-0.15, -0.1) is 0 Å². The van der Waals surface area contributed by atoms with E-state index in [1.807, 2.05) is 0 Å². The average molecular weight is 284 g/mol. The van der Waals surface area contributed by atoms with Crippen molar-refractivity contribution in [1.29, 1.82) is 0 Å². The first-order valence-electron chi connectivity index (χ1n) is 4.80. The second kappa shape index (κ2) is 3.73. The lowest BCUT2D eigenvalue weighted by Gasteiger charge is -2.35. The van der Waals surface area contributed by atoms with Gasteiger partial charge in [0.1, 0.15) is 4.66 Å². The smallest absolute Gasteiger partial charge is 0.224 e. The topological polar surface area (TPSA) is 57.6 Å². The number of halogens is 1. The maximum atomic E-state index is 11.7. The van der Waals surface area contributed by atoms with Gasteiger partial charge in [0.05, 0.1) is 6.10 Å².